The topological polar surface area (TPSA) is 6.48 Å². The predicted molar refractivity (Wildman–Crippen MR) is 50.6 cm³/mol. The molecule has 1 saturated heterocycles. The van der Waals surface area contributed by atoms with Crippen LogP contribution < -0.4 is 0 Å². The molecule has 0 aromatic rings. The largest absolute Gasteiger partial charge is 0.299 e. The summed E-state index contributed by atoms with van der Waals surface area (Å²) in [4.78, 5) is 2.43. The van der Waals surface area contributed by atoms with E-state index in [1.165, 1.54) is 13.0 Å². The molecule has 1 unspecified atom stereocenters. The number of hydrogen-bond acceptors (Lipinski definition) is 3. The quantitative estimate of drug-likeness (QED) is 0.477. The third-order valence-corrected chi connectivity index (χ3v) is 5.36. The van der Waals surface area contributed by atoms with Crippen LogP contribution in [0.25, 0.3) is 0 Å². The molecule has 0 aromatic carbocycles. The molecular weight excluding hydrogens is 163 g/mol. The zero-order chi connectivity index (χ0) is 7.56. The highest BCUT2D eigenvalue weighted by atomic mass is 32.7. The lowest BCUT2D eigenvalue weighted by Crippen LogP contribution is -2.40. The van der Waals surface area contributed by atoms with Crippen LogP contribution in [0, 0.1) is 0 Å². The van der Waals surface area contributed by atoms with Gasteiger partial charge < -0.3 is 0 Å². The van der Waals surface area contributed by atoms with Crippen LogP contribution in [0.2, 0.25) is 0 Å². The average Bonchev–Trinajstić information content (AvgIpc) is 1.84. The number of likely N-dealkylation sites (tertiary alicyclic amines) is 1. The summed E-state index contributed by atoms with van der Waals surface area (Å²) in [6, 6.07) is 0. The van der Waals surface area contributed by atoms with Crippen LogP contribution >= 0.6 is 19.4 Å². The molecular formula is C6H15N2PS. The van der Waals surface area contributed by atoms with Gasteiger partial charge in [0.2, 0.25) is 0 Å². The highest BCUT2D eigenvalue weighted by Gasteiger charge is 2.23. The summed E-state index contributed by atoms with van der Waals surface area (Å²) >= 11 is 1.94. The van der Waals surface area contributed by atoms with Crippen LogP contribution in [-0.4, -0.2) is 42.7 Å². The van der Waals surface area contributed by atoms with E-state index in [2.05, 4.69) is 30.3 Å². The van der Waals surface area contributed by atoms with Gasteiger partial charge in [0.05, 0.1) is 0 Å². The van der Waals surface area contributed by atoms with Gasteiger partial charge in [-0.1, -0.05) is 11.6 Å². The van der Waals surface area contributed by atoms with Gasteiger partial charge in [-0.25, -0.2) is 0 Å². The Morgan fingerprint density at radius 1 is 1.60 bits per heavy atom. The maximum Gasteiger partial charge on any atom is 0.0384 e. The first-order valence-electron chi connectivity index (χ1n) is 3.50. The molecule has 0 radical (unpaired) electrons. The van der Waals surface area contributed by atoms with E-state index < -0.39 is 0 Å². The van der Waals surface area contributed by atoms with Gasteiger partial charge in [-0.2, -0.15) is 0 Å². The smallest absolute Gasteiger partial charge is 0.0384 e. The molecule has 1 fully saturated rings. The Balaban J connectivity index is 2.03. The number of nitrogens with zero attached hydrogens (tertiary/aromatic N) is 2. The minimum atomic E-state index is 0.868. The van der Waals surface area contributed by atoms with E-state index in [4.69, 9.17) is 0 Å². The molecule has 1 heterocycles. The molecule has 2 atom stereocenters. The van der Waals surface area contributed by atoms with E-state index in [1.54, 1.807) is 0 Å². The van der Waals surface area contributed by atoms with Crippen molar-refractivity contribution >= 4 is 19.4 Å². The summed E-state index contributed by atoms with van der Waals surface area (Å²) in [5, 5.41) is 0. The lowest BCUT2D eigenvalue weighted by molar-refractivity contribution is 0.198. The average molecular weight is 178 g/mol. The Bertz CT molecular complexity index is 110. The number of rotatable bonds is 3. The van der Waals surface area contributed by atoms with Crippen molar-refractivity contribution in [2.75, 3.05) is 27.7 Å². The van der Waals surface area contributed by atoms with E-state index in [0.717, 1.165) is 13.6 Å². The normalized spacial score (nSPS) is 28.2. The first kappa shape index (κ1) is 8.79. The third-order valence-electron chi connectivity index (χ3n) is 1.66. The molecule has 0 saturated carbocycles. The number of hydrogen-bond donors (Lipinski definition) is 0. The Morgan fingerprint density at radius 2 is 2.30 bits per heavy atom. The van der Waals surface area contributed by atoms with Crippen LogP contribution in [0.4, 0.5) is 0 Å². The minimum Gasteiger partial charge on any atom is -0.299 e. The maximum absolute atomic E-state index is 2.43. The first-order valence-corrected chi connectivity index (χ1v) is 6.08. The van der Waals surface area contributed by atoms with Crippen molar-refractivity contribution in [3.05, 3.63) is 0 Å². The molecule has 4 heteroatoms. The van der Waals surface area contributed by atoms with Crippen LogP contribution in [0.1, 0.15) is 6.42 Å². The SMILES string of the molecule is CN(C)SP[C@H]1CCN1C. The fourth-order valence-electron chi connectivity index (χ4n) is 0.832. The maximum atomic E-state index is 2.43. The highest BCUT2D eigenvalue weighted by Crippen LogP contribution is 2.42. The van der Waals surface area contributed by atoms with Gasteiger partial charge in [-0.05, 0) is 35.3 Å². The van der Waals surface area contributed by atoms with E-state index >= 15 is 0 Å². The van der Waals surface area contributed by atoms with E-state index in [9.17, 15) is 0 Å². The first-order chi connectivity index (χ1) is 4.70. The Labute approximate surface area is 69.0 Å². The molecule has 1 aliphatic heterocycles. The Hall–Kier alpha value is 0.700. The van der Waals surface area contributed by atoms with E-state index in [0.29, 0.717) is 0 Å². The van der Waals surface area contributed by atoms with Gasteiger partial charge >= 0.3 is 0 Å². The van der Waals surface area contributed by atoms with Crippen LogP contribution in [0.3, 0.4) is 0 Å². The van der Waals surface area contributed by atoms with Crippen molar-refractivity contribution in [3.8, 4) is 0 Å². The van der Waals surface area contributed by atoms with Crippen molar-refractivity contribution in [1.82, 2.24) is 9.21 Å². The second-order valence-corrected chi connectivity index (χ2v) is 5.88. The molecule has 10 heavy (non-hydrogen) atoms. The Kier molecular flexibility index (Phi) is 3.44. The van der Waals surface area contributed by atoms with Crippen molar-refractivity contribution in [2.24, 2.45) is 0 Å². The third kappa shape index (κ3) is 2.39. The highest BCUT2D eigenvalue weighted by molar-refractivity contribution is 8.48. The van der Waals surface area contributed by atoms with Crippen molar-refractivity contribution in [1.29, 1.82) is 0 Å². The van der Waals surface area contributed by atoms with Gasteiger partial charge in [-0.15, -0.1) is 0 Å². The summed E-state index contributed by atoms with van der Waals surface area (Å²) in [6.45, 7) is 1.30. The minimum absolute atomic E-state index is 0.868. The van der Waals surface area contributed by atoms with E-state index in [-0.39, 0.29) is 0 Å². The molecule has 0 bridgehead atoms. The fraction of sp³-hybridized carbons (Fsp3) is 1.00. The van der Waals surface area contributed by atoms with Gasteiger partial charge in [0.1, 0.15) is 0 Å². The molecule has 0 N–H and O–H groups in total. The standard InChI is InChI=1S/C6H15N2PS/c1-7(2)10-9-6-4-5-8(6)3/h6,9H,4-5H2,1-3H3/t6-/m0/s1. The molecule has 0 aromatic heterocycles. The lowest BCUT2D eigenvalue weighted by Gasteiger charge is -2.37. The summed E-state index contributed by atoms with van der Waals surface area (Å²) in [6.07, 6.45) is 1.40. The molecule has 0 aliphatic carbocycles. The summed E-state index contributed by atoms with van der Waals surface area (Å²) in [5.74, 6) is 0.868. The van der Waals surface area contributed by atoms with Gasteiger partial charge in [0.15, 0.2) is 0 Å². The van der Waals surface area contributed by atoms with Gasteiger partial charge in [0, 0.05) is 12.3 Å². The van der Waals surface area contributed by atoms with Gasteiger partial charge in [0.25, 0.3) is 0 Å². The predicted octanol–water partition coefficient (Wildman–Crippen LogP) is 1.45. The van der Waals surface area contributed by atoms with E-state index in [1.807, 2.05) is 11.6 Å². The van der Waals surface area contributed by atoms with Crippen molar-refractivity contribution in [3.63, 3.8) is 0 Å². The monoisotopic (exact) mass is 178 g/mol. The molecule has 0 amide bonds. The summed E-state index contributed by atoms with van der Waals surface area (Å²) in [5.41, 5.74) is 0. The molecule has 2 nitrogen and oxygen atoms in total. The van der Waals surface area contributed by atoms with Crippen molar-refractivity contribution in [2.45, 2.75) is 12.2 Å². The van der Waals surface area contributed by atoms with Crippen molar-refractivity contribution < 1.29 is 0 Å². The Morgan fingerprint density at radius 3 is 2.60 bits per heavy atom. The molecule has 1 rings (SSSR count). The zero-order valence-corrected chi connectivity index (χ0v) is 8.61. The van der Waals surface area contributed by atoms with Crippen LogP contribution in [0.5, 0.6) is 0 Å². The summed E-state index contributed by atoms with van der Waals surface area (Å²) in [7, 11) is 7.44. The second-order valence-electron chi connectivity index (χ2n) is 2.81. The zero-order valence-electron chi connectivity index (χ0n) is 6.79. The fourth-order valence-corrected chi connectivity index (χ4v) is 3.61. The molecule has 1 aliphatic rings. The summed E-state index contributed by atoms with van der Waals surface area (Å²) < 4.78 is 2.19. The van der Waals surface area contributed by atoms with Crippen LogP contribution in [-0.2, 0) is 0 Å². The molecule has 0 spiro atoms. The lowest BCUT2D eigenvalue weighted by atomic mass is 10.2. The van der Waals surface area contributed by atoms with Crippen LogP contribution in [0.15, 0.2) is 0 Å². The van der Waals surface area contributed by atoms with Gasteiger partial charge in [-0.3, -0.25) is 9.21 Å². The second kappa shape index (κ2) is 3.91. The molecule has 60 valence electrons.